The number of ether oxygens (including phenoxy) is 1. The Morgan fingerprint density at radius 3 is 1.38 bits per heavy atom. The quantitative estimate of drug-likeness (QED) is 0.160. The van der Waals surface area contributed by atoms with Gasteiger partial charge >= 0.3 is 0 Å². The summed E-state index contributed by atoms with van der Waals surface area (Å²) in [6.07, 6.45) is 0. The zero-order valence-electron chi connectivity index (χ0n) is 28.2. The van der Waals surface area contributed by atoms with Crippen LogP contribution in [0, 0.1) is 0 Å². The lowest BCUT2D eigenvalue weighted by Crippen LogP contribution is -2.32. The molecule has 1 heterocycles. The molecule has 240 valence electrons. The molecule has 1 aliphatic carbocycles. The number of rotatable bonds is 1. The molecule has 0 N–H and O–H groups in total. The predicted molar refractivity (Wildman–Crippen MR) is 217 cm³/mol. The van der Waals surface area contributed by atoms with Crippen LogP contribution in [-0.4, -0.2) is 0 Å². The van der Waals surface area contributed by atoms with Gasteiger partial charge in [0.1, 0.15) is 11.5 Å². The van der Waals surface area contributed by atoms with Crippen LogP contribution in [0.25, 0.3) is 76.1 Å². The molecule has 0 unspecified atom stereocenters. The molecule has 0 aromatic heterocycles. The summed E-state index contributed by atoms with van der Waals surface area (Å²) < 4.78 is 6.84. The van der Waals surface area contributed by atoms with Gasteiger partial charge in [0.2, 0.25) is 0 Å². The van der Waals surface area contributed by atoms with E-state index in [2.05, 4.69) is 182 Å². The van der Waals surface area contributed by atoms with Crippen molar-refractivity contribution in [1.82, 2.24) is 0 Å². The van der Waals surface area contributed by atoms with Crippen molar-refractivity contribution >= 4 is 53.9 Å². The molecule has 10 aromatic carbocycles. The predicted octanol–water partition coefficient (Wildman–Crippen LogP) is 13.6. The maximum absolute atomic E-state index is 6.84. The summed E-state index contributed by atoms with van der Waals surface area (Å²) in [6.45, 7) is 0. The highest BCUT2D eigenvalue weighted by atomic mass is 16.5. The van der Waals surface area contributed by atoms with E-state index in [-0.39, 0.29) is 0 Å². The minimum absolute atomic E-state index is 0.571. The number of fused-ring (bicyclic) bond motifs is 19. The maximum atomic E-state index is 6.84. The molecule has 0 atom stereocenters. The van der Waals surface area contributed by atoms with Crippen LogP contribution in [0.3, 0.4) is 0 Å². The van der Waals surface area contributed by atoms with E-state index in [0.29, 0.717) is 0 Å². The zero-order chi connectivity index (χ0) is 34.0. The molecule has 1 aliphatic heterocycles. The second-order valence-electron chi connectivity index (χ2n) is 14.3. The van der Waals surface area contributed by atoms with E-state index in [1.54, 1.807) is 0 Å². The second-order valence-corrected chi connectivity index (χ2v) is 14.3. The Labute approximate surface area is 301 Å². The first-order valence-corrected chi connectivity index (χ1v) is 18.1. The summed E-state index contributed by atoms with van der Waals surface area (Å²) in [6, 6.07) is 67.2. The molecule has 0 radical (unpaired) electrons. The van der Waals surface area contributed by atoms with E-state index in [1.807, 2.05) is 0 Å². The SMILES string of the molecule is c1ccc2c(c1)Oc1ccc(-c3ccc4c5ccccc5c5ccccc5c4c3)cc1C21c2ccc3ccccc3c2-c2c1ccc1ccccc21. The minimum atomic E-state index is -0.571. The third kappa shape index (κ3) is 3.52. The Morgan fingerprint density at radius 2 is 0.750 bits per heavy atom. The average Bonchev–Trinajstić information content (AvgIpc) is 3.52. The molecule has 0 fully saturated rings. The van der Waals surface area contributed by atoms with Gasteiger partial charge in [0, 0.05) is 11.1 Å². The Morgan fingerprint density at radius 1 is 0.288 bits per heavy atom. The number of benzene rings is 10. The van der Waals surface area contributed by atoms with Crippen molar-refractivity contribution in [2.45, 2.75) is 5.41 Å². The molecule has 0 bridgehead atoms. The lowest BCUT2D eigenvalue weighted by Gasteiger charge is -2.39. The van der Waals surface area contributed by atoms with E-state index in [0.717, 1.165) is 11.5 Å². The van der Waals surface area contributed by atoms with Gasteiger partial charge in [0.05, 0.1) is 5.41 Å². The zero-order valence-corrected chi connectivity index (χ0v) is 28.2. The van der Waals surface area contributed by atoms with Gasteiger partial charge in [-0.15, -0.1) is 0 Å². The highest BCUT2D eigenvalue weighted by Gasteiger charge is 2.52. The third-order valence-electron chi connectivity index (χ3n) is 11.9. The third-order valence-corrected chi connectivity index (χ3v) is 11.9. The van der Waals surface area contributed by atoms with Crippen LogP contribution in [-0.2, 0) is 5.41 Å². The first-order valence-electron chi connectivity index (χ1n) is 18.1. The van der Waals surface area contributed by atoms with Crippen molar-refractivity contribution in [3.8, 4) is 33.8 Å². The largest absolute Gasteiger partial charge is 0.457 e. The van der Waals surface area contributed by atoms with Crippen molar-refractivity contribution in [3.05, 3.63) is 204 Å². The molecule has 1 spiro atoms. The summed E-state index contributed by atoms with van der Waals surface area (Å²) in [7, 11) is 0. The molecule has 10 aromatic rings. The fourth-order valence-electron chi connectivity index (χ4n) is 9.74. The summed E-state index contributed by atoms with van der Waals surface area (Å²) >= 11 is 0. The normalized spacial score (nSPS) is 13.7. The number of hydrogen-bond acceptors (Lipinski definition) is 1. The van der Waals surface area contributed by atoms with Crippen molar-refractivity contribution in [2.75, 3.05) is 0 Å². The molecular weight excluding hydrogens is 629 g/mol. The summed E-state index contributed by atoms with van der Waals surface area (Å²) in [4.78, 5) is 0. The Balaban J connectivity index is 1.19. The van der Waals surface area contributed by atoms with Gasteiger partial charge in [-0.1, -0.05) is 158 Å². The van der Waals surface area contributed by atoms with Crippen LogP contribution < -0.4 is 4.74 Å². The van der Waals surface area contributed by atoms with E-state index < -0.39 is 5.41 Å². The lowest BCUT2D eigenvalue weighted by atomic mass is 9.65. The van der Waals surface area contributed by atoms with Gasteiger partial charge in [0.25, 0.3) is 0 Å². The maximum Gasteiger partial charge on any atom is 0.132 e. The summed E-state index contributed by atoms with van der Waals surface area (Å²) in [5.41, 5.74) is 9.42. The fraction of sp³-hybridized carbons (Fsp3) is 0.0196. The van der Waals surface area contributed by atoms with Gasteiger partial charge in [-0.2, -0.15) is 0 Å². The number of hydrogen-bond donors (Lipinski definition) is 0. The number of para-hydroxylation sites is 1. The van der Waals surface area contributed by atoms with E-state index in [4.69, 9.17) is 4.74 Å². The van der Waals surface area contributed by atoms with Gasteiger partial charge < -0.3 is 4.74 Å². The van der Waals surface area contributed by atoms with Crippen molar-refractivity contribution in [1.29, 1.82) is 0 Å². The molecule has 0 saturated heterocycles. The van der Waals surface area contributed by atoms with Crippen LogP contribution in [0.2, 0.25) is 0 Å². The van der Waals surface area contributed by atoms with Crippen LogP contribution in [0.4, 0.5) is 0 Å². The topological polar surface area (TPSA) is 9.23 Å². The molecular formula is C51H30O. The second kappa shape index (κ2) is 10.2. The average molecular weight is 659 g/mol. The molecule has 0 amide bonds. The Hall–Kier alpha value is -6.70. The van der Waals surface area contributed by atoms with Gasteiger partial charge in [-0.25, -0.2) is 0 Å². The van der Waals surface area contributed by atoms with Gasteiger partial charge in [-0.3, -0.25) is 0 Å². The molecule has 1 nitrogen and oxygen atoms in total. The monoisotopic (exact) mass is 658 g/mol. The lowest BCUT2D eigenvalue weighted by molar-refractivity contribution is 0.436. The first kappa shape index (κ1) is 28.0. The van der Waals surface area contributed by atoms with E-state index >= 15 is 0 Å². The van der Waals surface area contributed by atoms with E-state index in [9.17, 15) is 0 Å². The first-order chi connectivity index (χ1) is 25.8. The summed E-state index contributed by atoms with van der Waals surface area (Å²) in [5, 5.41) is 12.8. The Bertz CT molecular complexity index is 3050. The van der Waals surface area contributed by atoms with E-state index in [1.165, 1.54) is 98.4 Å². The summed E-state index contributed by atoms with van der Waals surface area (Å²) in [5.74, 6) is 1.81. The molecule has 2 aliphatic rings. The van der Waals surface area contributed by atoms with Crippen LogP contribution >= 0.6 is 0 Å². The van der Waals surface area contributed by atoms with Crippen LogP contribution in [0.5, 0.6) is 11.5 Å². The van der Waals surface area contributed by atoms with Crippen molar-refractivity contribution in [2.24, 2.45) is 0 Å². The molecule has 0 saturated carbocycles. The van der Waals surface area contributed by atoms with Crippen molar-refractivity contribution < 1.29 is 4.74 Å². The molecule has 52 heavy (non-hydrogen) atoms. The molecule has 12 rings (SSSR count). The van der Waals surface area contributed by atoms with Crippen LogP contribution in [0.15, 0.2) is 182 Å². The minimum Gasteiger partial charge on any atom is -0.457 e. The van der Waals surface area contributed by atoms with Crippen molar-refractivity contribution in [3.63, 3.8) is 0 Å². The highest BCUT2D eigenvalue weighted by molar-refractivity contribution is 6.25. The van der Waals surface area contributed by atoms with Gasteiger partial charge in [0.15, 0.2) is 0 Å². The smallest absolute Gasteiger partial charge is 0.132 e. The molecule has 1 heteroatoms. The highest BCUT2D eigenvalue weighted by Crippen LogP contribution is 2.64. The fourth-order valence-corrected chi connectivity index (χ4v) is 9.74. The van der Waals surface area contributed by atoms with Gasteiger partial charge in [-0.05, 0) is 112 Å². The standard InChI is InChI=1S/C51H30O/c1-3-13-35-31(11-1)22-26-44-49(35)50-36-14-4-2-12-32(36)23-27-45(50)51(44)43-19-9-10-20-47(43)52-48-28-24-34(30-46(48)51)33-21-25-41-39-17-6-5-15-37(39)38-16-7-8-18-40(38)42(41)29-33/h1-30H. The van der Waals surface area contributed by atoms with Crippen LogP contribution in [0.1, 0.15) is 22.3 Å². The Kier molecular flexibility index (Phi) is 5.49.